The molecule has 0 N–H and O–H groups in total. The van der Waals surface area contributed by atoms with Crippen molar-refractivity contribution in [2.45, 2.75) is 33.3 Å². The van der Waals surface area contributed by atoms with E-state index in [0.29, 0.717) is 58.4 Å². The molecule has 0 amide bonds. The first kappa shape index (κ1) is 26.9. The van der Waals surface area contributed by atoms with Gasteiger partial charge in [-0.3, -0.25) is 4.79 Å². The molecule has 0 radical (unpaired) electrons. The summed E-state index contributed by atoms with van der Waals surface area (Å²) in [7, 11) is 0. The van der Waals surface area contributed by atoms with Gasteiger partial charge in [0, 0.05) is 10.9 Å². The number of hydrogen-bond acceptors (Lipinski definition) is 5. The van der Waals surface area contributed by atoms with E-state index < -0.39 is 0 Å². The maximum absolute atomic E-state index is 13.3. The Morgan fingerprint density at radius 2 is 1.82 bits per heavy atom. The highest BCUT2D eigenvalue weighted by Gasteiger charge is 2.15. The van der Waals surface area contributed by atoms with Crippen LogP contribution in [0.4, 0.5) is 0 Å². The fourth-order valence-electron chi connectivity index (χ4n) is 4.46. The topological polar surface area (TPSA) is 65.7 Å². The summed E-state index contributed by atoms with van der Waals surface area (Å²) in [6.45, 7) is 4.71. The summed E-state index contributed by atoms with van der Waals surface area (Å²) in [6.07, 6.45) is 3.03. The molecule has 0 unspecified atom stereocenters. The minimum Gasteiger partial charge on any atom is -0.490 e. The largest absolute Gasteiger partial charge is 0.490 e. The Morgan fingerprint density at radius 1 is 1.00 bits per heavy atom. The van der Waals surface area contributed by atoms with Crippen LogP contribution in [0.15, 0.2) is 87.2 Å². The predicted molar refractivity (Wildman–Crippen MR) is 162 cm³/mol. The van der Waals surface area contributed by atoms with Crippen LogP contribution in [0.25, 0.3) is 21.7 Å². The lowest BCUT2D eigenvalue weighted by atomic mass is 10.1. The quantitative estimate of drug-likeness (QED) is 0.161. The minimum atomic E-state index is -0.229. The van der Waals surface area contributed by atoms with Crippen LogP contribution in [0, 0.1) is 0 Å². The van der Waals surface area contributed by atoms with Crippen molar-refractivity contribution in [3.8, 4) is 11.5 Å². The molecule has 0 bridgehead atoms. The van der Waals surface area contributed by atoms with E-state index in [1.807, 2.05) is 56.3 Å². The molecule has 0 aliphatic heterocycles. The smallest absolute Gasteiger partial charge is 0.282 e. The number of hydrogen-bond donors (Lipinski definition) is 0. The summed E-state index contributed by atoms with van der Waals surface area (Å²) < 4.78 is 14.2. The predicted octanol–water partition coefficient (Wildman–Crippen LogP) is 7.78. The number of nitrogens with zero attached hydrogens (tertiary/aromatic N) is 3. The van der Waals surface area contributed by atoms with Crippen molar-refractivity contribution in [3.05, 3.63) is 110 Å². The van der Waals surface area contributed by atoms with Gasteiger partial charge in [0.1, 0.15) is 12.4 Å². The Hall–Kier alpha value is -3.68. The molecule has 1 aromatic heterocycles. The Balaban J connectivity index is 1.48. The van der Waals surface area contributed by atoms with Gasteiger partial charge in [-0.25, -0.2) is 4.98 Å². The monoisotopic (exact) mass is 603 g/mol. The third-order valence-corrected chi connectivity index (χ3v) is 7.03. The van der Waals surface area contributed by atoms with Crippen molar-refractivity contribution >= 4 is 55.4 Å². The van der Waals surface area contributed by atoms with Gasteiger partial charge in [-0.1, -0.05) is 76.9 Å². The van der Waals surface area contributed by atoms with Gasteiger partial charge in [0.25, 0.3) is 5.56 Å². The lowest BCUT2D eigenvalue weighted by Gasteiger charge is -2.15. The van der Waals surface area contributed by atoms with Crippen LogP contribution in [0.2, 0.25) is 5.02 Å². The Labute approximate surface area is 240 Å². The number of fused-ring (bicyclic) bond motifs is 2. The van der Waals surface area contributed by atoms with Crippen molar-refractivity contribution in [2.75, 3.05) is 6.61 Å². The number of aryl methyl sites for hydroxylation is 1. The van der Waals surface area contributed by atoms with Gasteiger partial charge in [-0.15, -0.1) is 0 Å². The summed E-state index contributed by atoms with van der Waals surface area (Å²) in [5.41, 5.74) is 2.14. The fraction of sp³-hybridized carbons (Fsp3) is 0.194. The zero-order valence-corrected chi connectivity index (χ0v) is 24.0. The Morgan fingerprint density at radius 3 is 2.64 bits per heavy atom. The summed E-state index contributed by atoms with van der Waals surface area (Å²) >= 11 is 10.1. The number of aromatic nitrogens is 2. The second-order valence-corrected chi connectivity index (χ2v) is 10.3. The molecule has 0 atom stereocenters. The molecule has 8 heteroatoms. The van der Waals surface area contributed by atoms with Gasteiger partial charge < -0.3 is 9.47 Å². The molecular weight excluding hydrogens is 578 g/mol. The first-order valence-corrected chi connectivity index (χ1v) is 14.0. The second kappa shape index (κ2) is 12.0. The fourth-order valence-corrected chi connectivity index (χ4v) is 5.09. The van der Waals surface area contributed by atoms with E-state index in [9.17, 15) is 4.79 Å². The van der Waals surface area contributed by atoms with E-state index in [2.05, 4.69) is 39.2 Å². The molecule has 5 rings (SSSR count). The molecule has 0 fully saturated rings. The molecule has 0 saturated heterocycles. The molecule has 6 nitrogen and oxygen atoms in total. The normalized spacial score (nSPS) is 11.5. The van der Waals surface area contributed by atoms with Gasteiger partial charge in [-0.2, -0.15) is 9.78 Å². The van der Waals surface area contributed by atoms with Crippen LogP contribution < -0.4 is 15.0 Å². The summed E-state index contributed by atoms with van der Waals surface area (Å²) in [4.78, 5) is 18.0. The highest BCUT2D eigenvalue weighted by molar-refractivity contribution is 9.10. The Kier molecular flexibility index (Phi) is 8.29. The molecule has 0 aliphatic rings. The lowest BCUT2D eigenvalue weighted by molar-refractivity contribution is 0.270. The number of rotatable bonds is 9. The number of halogens is 2. The summed E-state index contributed by atoms with van der Waals surface area (Å²) in [5, 5.41) is 7.68. The van der Waals surface area contributed by atoms with Gasteiger partial charge >= 0.3 is 0 Å². The molecule has 39 heavy (non-hydrogen) atoms. The molecule has 0 spiro atoms. The SMILES string of the molecule is CCCc1nc2ccc(Br)cc2c(=O)n1N=Cc1cc(Cl)c(OCc2cccc3ccccc23)c(OCC)c1. The van der Waals surface area contributed by atoms with Gasteiger partial charge in [0.2, 0.25) is 0 Å². The van der Waals surface area contributed by atoms with Crippen molar-refractivity contribution in [1.29, 1.82) is 0 Å². The van der Waals surface area contributed by atoms with E-state index in [4.69, 9.17) is 26.1 Å². The van der Waals surface area contributed by atoms with Crippen LogP contribution >= 0.6 is 27.5 Å². The van der Waals surface area contributed by atoms with Crippen molar-refractivity contribution in [3.63, 3.8) is 0 Å². The van der Waals surface area contributed by atoms with Crippen LogP contribution in [0.5, 0.6) is 11.5 Å². The average Bonchev–Trinajstić information content (AvgIpc) is 2.93. The number of benzene rings is 4. The molecule has 198 valence electrons. The summed E-state index contributed by atoms with van der Waals surface area (Å²) in [6, 6.07) is 23.3. The van der Waals surface area contributed by atoms with Crippen molar-refractivity contribution in [2.24, 2.45) is 5.10 Å². The van der Waals surface area contributed by atoms with Gasteiger partial charge in [-0.05, 0) is 65.6 Å². The van der Waals surface area contributed by atoms with Crippen LogP contribution in [-0.4, -0.2) is 22.5 Å². The lowest BCUT2D eigenvalue weighted by Crippen LogP contribution is -2.22. The van der Waals surface area contributed by atoms with E-state index in [1.165, 1.54) is 4.68 Å². The molecule has 0 saturated carbocycles. The van der Waals surface area contributed by atoms with E-state index in [1.54, 1.807) is 18.3 Å². The standard InChI is InChI=1S/C31H27BrClN3O3/c1-3-8-29-35-27-14-13-23(32)17-25(27)31(37)36(29)34-18-20-15-26(33)30(28(16-20)38-4-2)39-19-22-11-7-10-21-9-5-6-12-24(21)22/h5-7,9-18H,3-4,8,19H2,1-2H3. The van der Waals surface area contributed by atoms with Crippen LogP contribution in [-0.2, 0) is 13.0 Å². The zero-order valence-electron chi connectivity index (χ0n) is 21.7. The maximum atomic E-state index is 13.3. The van der Waals surface area contributed by atoms with Crippen molar-refractivity contribution in [1.82, 2.24) is 9.66 Å². The molecule has 0 aliphatic carbocycles. The molecule has 4 aromatic carbocycles. The van der Waals surface area contributed by atoms with Gasteiger partial charge in [0.15, 0.2) is 11.5 Å². The van der Waals surface area contributed by atoms with Crippen LogP contribution in [0.3, 0.4) is 0 Å². The third kappa shape index (κ3) is 5.84. The van der Waals surface area contributed by atoms with Crippen LogP contribution in [0.1, 0.15) is 37.2 Å². The zero-order chi connectivity index (χ0) is 27.4. The number of ether oxygens (including phenoxy) is 2. The summed E-state index contributed by atoms with van der Waals surface area (Å²) in [5.74, 6) is 1.57. The van der Waals surface area contributed by atoms with E-state index in [-0.39, 0.29) is 5.56 Å². The minimum absolute atomic E-state index is 0.229. The van der Waals surface area contributed by atoms with E-state index in [0.717, 1.165) is 27.2 Å². The second-order valence-electron chi connectivity index (χ2n) is 8.99. The first-order chi connectivity index (χ1) is 19.0. The van der Waals surface area contributed by atoms with E-state index >= 15 is 0 Å². The maximum Gasteiger partial charge on any atom is 0.282 e. The molecular formula is C31H27BrClN3O3. The highest BCUT2D eigenvalue weighted by Crippen LogP contribution is 2.37. The third-order valence-electron chi connectivity index (χ3n) is 6.25. The Bertz CT molecular complexity index is 1740. The van der Waals surface area contributed by atoms with Crippen molar-refractivity contribution < 1.29 is 9.47 Å². The molecule has 1 heterocycles. The van der Waals surface area contributed by atoms with Gasteiger partial charge in [0.05, 0.1) is 28.7 Å². The highest BCUT2D eigenvalue weighted by atomic mass is 79.9. The first-order valence-electron chi connectivity index (χ1n) is 12.8. The molecule has 5 aromatic rings. The average molecular weight is 605 g/mol.